The Bertz CT molecular complexity index is 286. The zero-order chi connectivity index (χ0) is 9.84. The van der Waals surface area contributed by atoms with Crippen molar-refractivity contribution < 1.29 is 10.2 Å². The van der Waals surface area contributed by atoms with Crippen LogP contribution in [0.2, 0.25) is 0 Å². The fraction of sp³-hybridized carbons (Fsp3) is 0.400. The van der Waals surface area contributed by atoms with Gasteiger partial charge in [-0.25, -0.2) is 0 Å². The van der Waals surface area contributed by atoms with Gasteiger partial charge < -0.3 is 10.2 Å². The molecular formula is C10H14O2S. The molecule has 0 aromatic heterocycles. The van der Waals surface area contributed by atoms with Crippen molar-refractivity contribution in [2.24, 2.45) is 0 Å². The van der Waals surface area contributed by atoms with E-state index < -0.39 is 0 Å². The summed E-state index contributed by atoms with van der Waals surface area (Å²) in [4.78, 5) is 0. The van der Waals surface area contributed by atoms with Gasteiger partial charge in [-0.3, -0.25) is 0 Å². The molecule has 0 aliphatic carbocycles. The average molecular weight is 198 g/mol. The molecule has 0 bridgehead atoms. The van der Waals surface area contributed by atoms with Crippen molar-refractivity contribution in [3.8, 4) is 11.5 Å². The van der Waals surface area contributed by atoms with Gasteiger partial charge in [-0.05, 0) is 24.1 Å². The number of phenols is 2. The maximum absolute atomic E-state index is 9.23. The van der Waals surface area contributed by atoms with Crippen LogP contribution < -0.4 is 0 Å². The van der Waals surface area contributed by atoms with Crippen LogP contribution in [0.5, 0.6) is 11.5 Å². The van der Waals surface area contributed by atoms with Crippen LogP contribution in [0.1, 0.15) is 30.6 Å². The molecule has 0 saturated carbocycles. The fourth-order valence-electron chi connectivity index (χ4n) is 1.19. The second-order valence-corrected chi connectivity index (χ2v) is 3.68. The number of benzene rings is 1. The first-order valence-corrected chi connectivity index (χ1v) is 4.86. The SMILES string of the molecule is CCCC(S)c1ccc(O)c(O)c1. The maximum Gasteiger partial charge on any atom is 0.157 e. The van der Waals surface area contributed by atoms with Gasteiger partial charge in [0.15, 0.2) is 11.5 Å². The third kappa shape index (κ3) is 2.56. The Labute approximate surface area is 83.6 Å². The van der Waals surface area contributed by atoms with Crippen molar-refractivity contribution in [3.63, 3.8) is 0 Å². The lowest BCUT2D eigenvalue weighted by Crippen LogP contribution is -1.89. The Morgan fingerprint density at radius 3 is 2.54 bits per heavy atom. The summed E-state index contributed by atoms with van der Waals surface area (Å²) < 4.78 is 0. The Hall–Kier alpha value is -0.830. The highest BCUT2D eigenvalue weighted by molar-refractivity contribution is 7.80. The molecular weight excluding hydrogens is 184 g/mol. The molecule has 3 heteroatoms. The van der Waals surface area contributed by atoms with Gasteiger partial charge >= 0.3 is 0 Å². The second-order valence-electron chi connectivity index (χ2n) is 3.05. The minimum atomic E-state index is -0.0826. The van der Waals surface area contributed by atoms with Gasteiger partial charge in [-0.2, -0.15) is 12.6 Å². The number of phenolic OH excluding ortho intramolecular Hbond substituents is 2. The lowest BCUT2D eigenvalue weighted by molar-refractivity contribution is 0.403. The molecule has 72 valence electrons. The summed E-state index contributed by atoms with van der Waals surface area (Å²) in [5.74, 6) is -0.159. The Morgan fingerprint density at radius 1 is 1.31 bits per heavy atom. The maximum atomic E-state index is 9.23. The summed E-state index contributed by atoms with van der Waals surface area (Å²) in [6.07, 6.45) is 2.02. The molecule has 0 heterocycles. The first-order valence-electron chi connectivity index (χ1n) is 4.35. The molecule has 0 radical (unpaired) electrons. The topological polar surface area (TPSA) is 40.5 Å². The van der Waals surface area contributed by atoms with Gasteiger partial charge in [0, 0.05) is 5.25 Å². The van der Waals surface area contributed by atoms with Crippen molar-refractivity contribution in [2.45, 2.75) is 25.0 Å². The zero-order valence-electron chi connectivity index (χ0n) is 7.57. The zero-order valence-corrected chi connectivity index (χ0v) is 8.46. The molecule has 0 aliphatic rings. The lowest BCUT2D eigenvalue weighted by atomic mass is 10.1. The fourth-order valence-corrected chi connectivity index (χ4v) is 1.61. The highest BCUT2D eigenvalue weighted by Crippen LogP contribution is 2.32. The highest BCUT2D eigenvalue weighted by atomic mass is 32.1. The Kier molecular flexibility index (Phi) is 3.48. The van der Waals surface area contributed by atoms with Crippen molar-refractivity contribution in [1.82, 2.24) is 0 Å². The van der Waals surface area contributed by atoms with E-state index in [0.717, 1.165) is 18.4 Å². The Balaban J connectivity index is 2.84. The van der Waals surface area contributed by atoms with Gasteiger partial charge in [0.25, 0.3) is 0 Å². The number of thiol groups is 1. The van der Waals surface area contributed by atoms with Crippen LogP contribution in [0.3, 0.4) is 0 Å². The molecule has 0 aliphatic heterocycles. The molecule has 0 fully saturated rings. The third-order valence-corrected chi connectivity index (χ3v) is 2.50. The number of hydrogen-bond donors (Lipinski definition) is 3. The van der Waals surface area contributed by atoms with E-state index in [1.54, 1.807) is 12.1 Å². The van der Waals surface area contributed by atoms with Gasteiger partial charge in [0.05, 0.1) is 0 Å². The van der Waals surface area contributed by atoms with Crippen molar-refractivity contribution in [3.05, 3.63) is 23.8 Å². The molecule has 1 unspecified atom stereocenters. The van der Waals surface area contributed by atoms with E-state index >= 15 is 0 Å². The quantitative estimate of drug-likeness (QED) is 0.516. The van der Waals surface area contributed by atoms with E-state index in [9.17, 15) is 5.11 Å². The molecule has 0 spiro atoms. The van der Waals surface area contributed by atoms with Crippen LogP contribution in [0.15, 0.2) is 18.2 Å². The van der Waals surface area contributed by atoms with Crippen LogP contribution in [-0.4, -0.2) is 10.2 Å². The first-order chi connectivity index (χ1) is 6.15. The molecule has 1 aromatic carbocycles. The summed E-state index contributed by atoms with van der Waals surface area (Å²) in [7, 11) is 0. The second kappa shape index (κ2) is 4.42. The van der Waals surface area contributed by atoms with Crippen LogP contribution in [-0.2, 0) is 0 Å². The lowest BCUT2D eigenvalue weighted by Gasteiger charge is -2.10. The standard InChI is InChI=1S/C10H14O2S/c1-2-3-10(13)7-4-5-8(11)9(12)6-7/h4-6,10-13H,2-3H2,1H3. The summed E-state index contributed by atoms with van der Waals surface area (Å²) in [5.41, 5.74) is 0.945. The predicted molar refractivity (Wildman–Crippen MR) is 56.4 cm³/mol. The van der Waals surface area contributed by atoms with E-state index in [0.29, 0.717) is 0 Å². The van der Waals surface area contributed by atoms with Gasteiger partial charge in [-0.15, -0.1) is 0 Å². The van der Waals surface area contributed by atoms with E-state index in [1.807, 2.05) is 0 Å². The van der Waals surface area contributed by atoms with E-state index in [4.69, 9.17) is 5.11 Å². The molecule has 2 nitrogen and oxygen atoms in total. The van der Waals surface area contributed by atoms with E-state index in [1.165, 1.54) is 6.07 Å². The molecule has 1 atom stereocenters. The van der Waals surface area contributed by atoms with E-state index in [2.05, 4.69) is 19.6 Å². The van der Waals surface area contributed by atoms with E-state index in [-0.39, 0.29) is 16.7 Å². The number of aromatic hydroxyl groups is 2. The molecule has 0 saturated heterocycles. The van der Waals surface area contributed by atoms with Crippen molar-refractivity contribution in [2.75, 3.05) is 0 Å². The normalized spacial score (nSPS) is 12.8. The first kappa shape index (κ1) is 10.3. The smallest absolute Gasteiger partial charge is 0.157 e. The summed E-state index contributed by atoms with van der Waals surface area (Å²) in [6, 6.07) is 4.83. The van der Waals surface area contributed by atoms with Crippen molar-refractivity contribution >= 4 is 12.6 Å². The largest absolute Gasteiger partial charge is 0.504 e. The molecule has 0 amide bonds. The highest BCUT2D eigenvalue weighted by Gasteiger charge is 2.07. The van der Waals surface area contributed by atoms with Gasteiger partial charge in [-0.1, -0.05) is 19.4 Å². The summed E-state index contributed by atoms with van der Waals surface area (Å²) >= 11 is 4.39. The monoisotopic (exact) mass is 198 g/mol. The third-order valence-electron chi connectivity index (χ3n) is 1.95. The van der Waals surface area contributed by atoms with Crippen LogP contribution >= 0.6 is 12.6 Å². The molecule has 1 aromatic rings. The number of hydrogen-bond acceptors (Lipinski definition) is 3. The summed E-state index contributed by atoms with van der Waals surface area (Å²) in [5, 5.41) is 18.4. The molecule has 1 rings (SSSR count). The van der Waals surface area contributed by atoms with Crippen LogP contribution in [0.25, 0.3) is 0 Å². The minimum Gasteiger partial charge on any atom is -0.504 e. The average Bonchev–Trinajstić information content (AvgIpc) is 2.10. The summed E-state index contributed by atoms with van der Waals surface area (Å²) in [6.45, 7) is 2.09. The van der Waals surface area contributed by atoms with Crippen LogP contribution in [0.4, 0.5) is 0 Å². The van der Waals surface area contributed by atoms with Crippen LogP contribution in [0, 0.1) is 0 Å². The van der Waals surface area contributed by atoms with Gasteiger partial charge in [0.2, 0.25) is 0 Å². The predicted octanol–water partition coefficient (Wildman–Crippen LogP) is 2.87. The van der Waals surface area contributed by atoms with Gasteiger partial charge in [0.1, 0.15) is 0 Å². The Morgan fingerprint density at radius 2 is 2.00 bits per heavy atom. The molecule has 2 N–H and O–H groups in total. The number of rotatable bonds is 3. The van der Waals surface area contributed by atoms with Crippen molar-refractivity contribution in [1.29, 1.82) is 0 Å². The minimum absolute atomic E-state index is 0.0762. The molecule has 13 heavy (non-hydrogen) atoms.